The highest BCUT2D eigenvalue weighted by atomic mass is 16.5. The lowest BCUT2D eigenvalue weighted by molar-refractivity contribution is -0.119. The number of carbonyl (C=O) groups excluding carboxylic acids is 1. The number of methoxy groups -OCH3 is 1. The van der Waals surface area contributed by atoms with Crippen LogP contribution in [0.3, 0.4) is 0 Å². The molecule has 2 heterocycles. The Hall–Kier alpha value is -2.14. The van der Waals surface area contributed by atoms with Gasteiger partial charge in [-0.2, -0.15) is 5.10 Å². The van der Waals surface area contributed by atoms with E-state index in [0.29, 0.717) is 13.0 Å². The molecule has 1 aromatic heterocycles. The molecule has 1 atom stereocenters. The lowest BCUT2D eigenvalue weighted by Crippen LogP contribution is -2.18. The molecule has 0 spiro atoms. The molecule has 1 amide bonds. The van der Waals surface area contributed by atoms with Crippen molar-refractivity contribution in [2.24, 2.45) is 0 Å². The van der Waals surface area contributed by atoms with Gasteiger partial charge in [0.15, 0.2) is 0 Å². The van der Waals surface area contributed by atoms with E-state index in [9.17, 15) is 4.79 Å². The molecule has 110 valence electrons. The Morgan fingerprint density at radius 3 is 2.81 bits per heavy atom. The van der Waals surface area contributed by atoms with Crippen molar-refractivity contribution in [3.63, 3.8) is 0 Å². The zero-order valence-electron chi connectivity index (χ0n) is 12.1. The molecule has 21 heavy (non-hydrogen) atoms. The highest BCUT2D eigenvalue weighted by molar-refractivity contribution is 5.78. The number of ether oxygens (including phenoxy) is 1. The minimum Gasteiger partial charge on any atom is -0.383 e. The molecule has 1 N–H and O–H groups in total. The first-order chi connectivity index (χ1) is 10.3. The summed E-state index contributed by atoms with van der Waals surface area (Å²) >= 11 is 0. The van der Waals surface area contributed by atoms with E-state index < -0.39 is 0 Å². The van der Waals surface area contributed by atoms with Gasteiger partial charge in [0.05, 0.1) is 25.4 Å². The van der Waals surface area contributed by atoms with Crippen LogP contribution in [0.1, 0.15) is 24.4 Å². The fraction of sp³-hybridized carbons (Fsp3) is 0.375. The maximum Gasteiger partial charge on any atom is 0.220 e. The smallest absolute Gasteiger partial charge is 0.220 e. The fourth-order valence-corrected chi connectivity index (χ4v) is 2.59. The average Bonchev–Trinajstić information content (AvgIpc) is 3.14. The van der Waals surface area contributed by atoms with Gasteiger partial charge in [-0.3, -0.25) is 9.48 Å². The Morgan fingerprint density at radius 2 is 2.14 bits per heavy atom. The van der Waals surface area contributed by atoms with Crippen molar-refractivity contribution in [3.8, 4) is 11.1 Å². The molecule has 0 saturated carbocycles. The van der Waals surface area contributed by atoms with Crippen LogP contribution in [0.5, 0.6) is 0 Å². The van der Waals surface area contributed by atoms with Gasteiger partial charge >= 0.3 is 0 Å². The molecule has 5 heteroatoms. The Labute approximate surface area is 123 Å². The van der Waals surface area contributed by atoms with Crippen LogP contribution in [0.15, 0.2) is 36.7 Å². The molecule has 1 unspecified atom stereocenters. The van der Waals surface area contributed by atoms with E-state index in [2.05, 4.69) is 34.7 Å². The van der Waals surface area contributed by atoms with E-state index in [1.807, 2.05) is 17.1 Å². The summed E-state index contributed by atoms with van der Waals surface area (Å²) in [6, 6.07) is 8.49. The molecule has 1 aliphatic rings. The van der Waals surface area contributed by atoms with Gasteiger partial charge in [0, 0.05) is 25.3 Å². The topological polar surface area (TPSA) is 56.1 Å². The first kappa shape index (κ1) is 13.8. The van der Waals surface area contributed by atoms with Crippen LogP contribution >= 0.6 is 0 Å². The average molecular weight is 285 g/mol. The Morgan fingerprint density at radius 1 is 1.33 bits per heavy atom. The van der Waals surface area contributed by atoms with Gasteiger partial charge in [0.2, 0.25) is 5.91 Å². The first-order valence-corrected chi connectivity index (χ1v) is 7.17. The molecule has 0 radical (unpaired) electrons. The summed E-state index contributed by atoms with van der Waals surface area (Å²) < 4.78 is 6.93. The molecule has 1 fully saturated rings. The lowest BCUT2D eigenvalue weighted by atomic mass is 10.0. The van der Waals surface area contributed by atoms with Crippen molar-refractivity contribution in [2.75, 3.05) is 13.7 Å². The monoisotopic (exact) mass is 285 g/mol. The van der Waals surface area contributed by atoms with E-state index in [-0.39, 0.29) is 11.9 Å². The first-order valence-electron chi connectivity index (χ1n) is 7.17. The molecule has 1 saturated heterocycles. The number of hydrogen-bond donors (Lipinski definition) is 1. The van der Waals surface area contributed by atoms with Gasteiger partial charge in [-0.15, -0.1) is 0 Å². The SMILES string of the molecule is COCCn1cc(-c2ccc(C3CCC(=O)N3)cc2)cn1. The standard InChI is InChI=1S/C16H19N3O2/c1-21-9-8-19-11-14(10-17-19)12-2-4-13(5-3-12)15-6-7-16(20)18-15/h2-5,10-11,15H,6-9H2,1H3,(H,18,20). The second kappa shape index (κ2) is 6.10. The third-order valence-electron chi connectivity index (χ3n) is 3.80. The van der Waals surface area contributed by atoms with Crippen molar-refractivity contribution >= 4 is 5.91 Å². The predicted octanol–water partition coefficient (Wildman–Crippen LogP) is 2.15. The van der Waals surface area contributed by atoms with Gasteiger partial charge in [-0.25, -0.2) is 0 Å². The second-order valence-corrected chi connectivity index (χ2v) is 5.27. The lowest BCUT2D eigenvalue weighted by Gasteiger charge is -2.10. The highest BCUT2D eigenvalue weighted by Gasteiger charge is 2.21. The molecule has 2 aromatic rings. The Bertz CT molecular complexity index is 619. The molecular weight excluding hydrogens is 266 g/mol. The van der Waals surface area contributed by atoms with Crippen LogP contribution in [0, 0.1) is 0 Å². The Kier molecular flexibility index (Phi) is 4.01. The largest absolute Gasteiger partial charge is 0.383 e. The van der Waals surface area contributed by atoms with E-state index in [4.69, 9.17) is 4.74 Å². The minimum absolute atomic E-state index is 0.142. The zero-order valence-corrected chi connectivity index (χ0v) is 12.1. The summed E-state index contributed by atoms with van der Waals surface area (Å²) in [4.78, 5) is 11.3. The third kappa shape index (κ3) is 3.13. The van der Waals surface area contributed by atoms with Crippen LogP contribution in [-0.2, 0) is 16.1 Å². The molecule has 5 nitrogen and oxygen atoms in total. The number of amides is 1. The van der Waals surface area contributed by atoms with E-state index >= 15 is 0 Å². The molecule has 1 aliphatic heterocycles. The molecule has 0 bridgehead atoms. The maximum atomic E-state index is 11.3. The molecular formula is C16H19N3O2. The summed E-state index contributed by atoms with van der Waals surface area (Å²) in [6.45, 7) is 1.41. The minimum atomic E-state index is 0.142. The second-order valence-electron chi connectivity index (χ2n) is 5.27. The van der Waals surface area contributed by atoms with Crippen LogP contribution in [0.4, 0.5) is 0 Å². The zero-order chi connectivity index (χ0) is 14.7. The summed E-state index contributed by atoms with van der Waals surface area (Å²) in [7, 11) is 1.69. The van der Waals surface area contributed by atoms with Crippen molar-refractivity contribution in [3.05, 3.63) is 42.2 Å². The number of hydrogen-bond acceptors (Lipinski definition) is 3. The number of rotatable bonds is 5. The van der Waals surface area contributed by atoms with Crippen molar-refractivity contribution in [1.29, 1.82) is 0 Å². The number of benzene rings is 1. The maximum absolute atomic E-state index is 11.3. The van der Waals surface area contributed by atoms with Gasteiger partial charge in [0.1, 0.15) is 0 Å². The molecule has 0 aliphatic carbocycles. The van der Waals surface area contributed by atoms with Crippen LogP contribution in [0.25, 0.3) is 11.1 Å². The van der Waals surface area contributed by atoms with Crippen molar-refractivity contribution < 1.29 is 9.53 Å². The highest BCUT2D eigenvalue weighted by Crippen LogP contribution is 2.26. The van der Waals surface area contributed by atoms with E-state index in [1.54, 1.807) is 7.11 Å². The fourth-order valence-electron chi connectivity index (χ4n) is 2.59. The number of aromatic nitrogens is 2. The predicted molar refractivity (Wildman–Crippen MR) is 79.7 cm³/mol. The summed E-state index contributed by atoms with van der Waals surface area (Å²) in [6.07, 6.45) is 5.39. The number of nitrogens with one attached hydrogen (secondary N) is 1. The van der Waals surface area contributed by atoms with Gasteiger partial charge in [-0.05, 0) is 17.5 Å². The quantitative estimate of drug-likeness (QED) is 0.915. The number of nitrogens with zero attached hydrogens (tertiary/aromatic N) is 2. The van der Waals surface area contributed by atoms with Crippen LogP contribution < -0.4 is 5.32 Å². The van der Waals surface area contributed by atoms with Crippen LogP contribution in [0.2, 0.25) is 0 Å². The number of carbonyl (C=O) groups is 1. The Balaban J connectivity index is 1.71. The summed E-state index contributed by atoms with van der Waals surface area (Å²) in [5.41, 5.74) is 3.39. The normalized spacial score (nSPS) is 18.0. The van der Waals surface area contributed by atoms with E-state index in [0.717, 1.165) is 29.7 Å². The van der Waals surface area contributed by atoms with Crippen molar-refractivity contribution in [2.45, 2.75) is 25.4 Å². The summed E-state index contributed by atoms with van der Waals surface area (Å²) in [5, 5.41) is 7.31. The third-order valence-corrected chi connectivity index (χ3v) is 3.80. The van der Waals surface area contributed by atoms with Crippen LogP contribution in [-0.4, -0.2) is 29.4 Å². The molecule has 1 aromatic carbocycles. The van der Waals surface area contributed by atoms with Gasteiger partial charge < -0.3 is 10.1 Å². The van der Waals surface area contributed by atoms with E-state index in [1.165, 1.54) is 0 Å². The van der Waals surface area contributed by atoms with Crippen molar-refractivity contribution in [1.82, 2.24) is 15.1 Å². The summed E-state index contributed by atoms with van der Waals surface area (Å²) in [5.74, 6) is 0.142. The van der Waals surface area contributed by atoms with Gasteiger partial charge in [0.25, 0.3) is 0 Å². The van der Waals surface area contributed by atoms with Gasteiger partial charge in [-0.1, -0.05) is 24.3 Å². The molecule has 3 rings (SSSR count).